The van der Waals surface area contributed by atoms with Crippen LogP contribution in [0.25, 0.3) is 0 Å². The van der Waals surface area contributed by atoms with E-state index in [0.29, 0.717) is 49.8 Å². The minimum atomic E-state index is -0.358. The number of nitrogens with one attached hydrogen (secondary N) is 1. The number of benzene rings is 2. The molecule has 8 heteroatoms. The van der Waals surface area contributed by atoms with Crippen molar-refractivity contribution >= 4 is 23.2 Å². The zero-order chi connectivity index (χ0) is 23.5. The van der Waals surface area contributed by atoms with Gasteiger partial charge in [-0.05, 0) is 17.7 Å². The van der Waals surface area contributed by atoms with Crippen LogP contribution in [0.2, 0.25) is 0 Å². The van der Waals surface area contributed by atoms with E-state index in [9.17, 15) is 14.4 Å². The summed E-state index contributed by atoms with van der Waals surface area (Å²) in [4.78, 5) is 36.9. The monoisotopic (exact) mass is 453 g/mol. The summed E-state index contributed by atoms with van der Waals surface area (Å²) in [5.74, 6) is -0.806. The lowest BCUT2D eigenvalue weighted by molar-refractivity contribution is -0.144. The van der Waals surface area contributed by atoms with Gasteiger partial charge in [0.05, 0.1) is 45.2 Å². The first-order chi connectivity index (χ1) is 16.1. The third-order valence-corrected chi connectivity index (χ3v) is 4.83. The second-order valence-electron chi connectivity index (χ2n) is 7.23. The second kappa shape index (κ2) is 12.6. The highest BCUT2D eigenvalue weighted by molar-refractivity contribution is 6.25. The highest BCUT2D eigenvalue weighted by atomic mass is 16.6. The summed E-state index contributed by atoms with van der Waals surface area (Å²) in [5, 5.41) is 2.99. The third kappa shape index (κ3) is 7.35. The Morgan fingerprint density at radius 3 is 2.15 bits per heavy atom. The van der Waals surface area contributed by atoms with Gasteiger partial charge in [-0.3, -0.25) is 14.4 Å². The van der Waals surface area contributed by atoms with Gasteiger partial charge in [-0.1, -0.05) is 36.4 Å². The van der Waals surface area contributed by atoms with Crippen molar-refractivity contribution in [2.45, 2.75) is 6.42 Å². The molecule has 0 amide bonds. The first-order valence-corrected chi connectivity index (χ1v) is 10.6. The number of anilines is 1. The van der Waals surface area contributed by atoms with Crippen molar-refractivity contribution < 1.29 is 33.3 Å². The number of hydrogen-bond donors (Lipinski definition) is 1. The summed E-state index contributed by atoms with van der Waals surface area (Å²) >= 11 is 0. The van der Waals surface area contributed by atoms with Crippen LogP contribution in [0.1, 0.15) is 26.3 Å². The number of ether oxygens (including phenoxy) is 4. The van der Waals surface area contributed by atoms with E-state index in [1.165, 1.54) is 6.08 Å². The van der Waals surface area contributed by atoms with Crippen LogP contribution in [0.4, 0.5) is 5.69 Å². The molecule has 3 rings (SSSR count). The van der Waals surface area contributed by atoms with E-state index >= 15 is 0 Å². The van der Waals surface area contributed by atoms with Crippen molar-refractivity contribution in [3.63, 3.8) is 0 Å². The Labute approximate surface area is 192 Å². The first-order valence-electron chi connectivity index (χ1n) is 10.6. The van der Waals surface area contributed by atoms with Crippen LogP contribution >= 0.6 is 0 Å². The minimum Gasteiger partial charge on any atom is -0.463 e. The molecule has 0 spiro atoms. The lowest BCUT2D eigenvalue weighted by atomic mass is 9.92. The molecule has 0 aromatic heterocycles. The summed E-state index contributed by atoms with van der Waals surface area (Å²) in [6.45, 7) is 2.41. The average molecular weight is 453 g/mol. The van der Waals surface area contributed by atoms with Gasteiger partial charge in [0.1, 0.15) is 6.61 Å². The molecule has 0 saturated carbocycles. The molecule has 1 N–H and O–H groups in total. The maximum atomic E-state index is 12.6. The van der Waals surface area contributed by atoms with Crippen LogP contribution in [0.15, 0.2) is 60.3 Å². The van der Waals surface area contributed by atoms with Crippen LogP contribution in [-0.2, 0) is 30.2 Å². The van der Waals surface area contributed by atoms with Gasteiger partial charge in [0.2, 0.25) is 5.78 Å². The molecule has 1 aliphatic carbocycles. The lowest BCUT2D eigenvalue weighted by Gasteiger charge is -2.16. The van der Waals surface area contributed by atoms with E-state index in [1.807, 2.05) is 0 Å². The van der Waals surface area contributed by atoms with Gasteiger partial charge in [-0.15, -0.1) is 0 Å². The first kappa shape index (κ1) is 24.3. The van der Waals surface area contributed by atoms with Gasteiger partial charge in [0.25, 0.3) is 0 Å². The maximum Gasteiger partial charge on any atom is 0.310 e. The normalized spacial score (nSPS) is 12.8. The predicted octanol–water partition coefficient (Wildman–Crippen LogP) is 2.83. The third-order valence-electron chi connectivity index (χ3n) is 4.83. The molecule has 0 atom stereocenters. The summed E-state index contributed by atoms with van der Waals surface area (Å²) < 4.78 is 20.6. The number of ketones is 2. The number of methoxy groups -OCH3 is 1. The fourth-order valence-electron chi connectivity index (χ4n) is 3.17. The molecular weight excluding hydrogens is 426 g/mol. The number of rotatable bonds is 13. The average Bonchev–Trinajstić information content (AvgIpc) is 2.82. The Balaban J connectivity index is 1.39. The van der Waals surface area contributed by atoms with E-state index in [4.69, 9.17) is 18.9 Å². The van der Waals surface area contributed by atoms with Crippen LogP contribution < -0.4 is 5.32 Å². The summed E-state index contributed by atoms with van der Waals surface area (Å²) in [6.07, 6.45) is 1.43. The Morgan fingerprint density at radius 2 is 1.45 bits per heavy atom. The molecule has 174 valence electrons. The Kier molecular flexibility index (Phi) is 9.31. The van der Waals surface area contributed by atoms with Gasteiger partial charge in [0.15, 0.2) is 5.78 Å². The van der Waals surface area contributed by atoms with Crippen LogP contribution in [0.3, 0.4) is 0 Å². The van der Waals surface area contributed by atoms with Crippen molar-refractivity contribution in [2.24, 2.45) is 0 Å². The molecule has 0 fully saturated rings. The molecule has 8 nitrogen and oxygen atoms in total. The highest BCUT2D eigenvalue weighted by Gasteiger charge is 2.25. The van der Waals surface area contributed by atoms with Crippen molar-refractivity contribution in [3.8, 4) is 0 Å². The molecule has 33 heavy (non-hydrogen) atoms. The Morgan fingerprint density at radius 1 is 0.818 bits per heavy atom. The number of allylic oxidation sites excluding steroid dienone is 2. The highest BCUT2D eigenvalue weighted by Crippen LogP contribution is 2.23. The number of fused-ring (bicyclic) bond motifs is 1. The lowest BCUT2D eigenvalue weighted by Crippen LogP contribution is -2.21. The molecule has 0 aliphatic heterocycles. The Bertz CT molecular complexity index is 998. The summed E-state index contributed by atoms with van der Waals surface area (Å²) in [5.41, 5.74) is 2.41. The molecule has 0 saturated heterocycles. The zero-order valence-corrected chi connectivity index (χ0v) is 18.5. The number of carbonyl (C=O) groups excluding carboxylic acids is 3. The SMILES string of the molecule is COCCOCCOCCOC(=O)Cc1ccc(NC2=CC(=O)c3ccccc3C2=O)cc1. The second-order valence-corrected chi connectivity index (χ2v) is 7.23. The standard InChI is InChI=1S/C25H27NO7/c1-30-10-11-31-12-13-32-14-15-33-24(28)16-18-6-8-19(9-7-18)26-22-17-23(27)20-4-2-3-5-21(20)25(22)29/h2-9,17,26H,10-16H2,1H3. The largest absolute Gasteiger partial charge is 0.463 e. The zero-order valence-electron chi connectivity index (χ0n) is 18.5. The predicted molar refractivity (Wildman–Crippen MR) is 121 cm³/mol. The number of esters is 1. The maximum absolute atomic E-state index is 12.6. The van der Waals surface area contributed by atoms with Crippen molar-refractivity contribution in [3.05, 3.63) is 77.0 Å². The van der Waals surface area contributed by atoms with Gasteiger partial charge < -0.3 is 24.3 Å². The van der Waals surface area contributed by atoms with Crippen LogP contribution in [-0.4, -0.2) is 64.3 Å². The van der Waals surface area contributed by atoms with Crippen LogP contribution in [0.5, 0.6) is 0 Å². The van der Waals surface area contributed by atoms with Gasteiger partial charge in [-0.2, -0.15) is 0 Å². The van der Waals surface area contributed by atoms with E-state index < -0.39 is 0 Å². The van der Waals surface area contributed by atoms with Gasteiger partial charge in [-0.25, -0.2) is 0 Å². The summed E-state index contributed by atoms with van der Waals surface area (Å²) in [7, 11) is 1.61. The van der Waals surface area contributed by atoms with Crippen molar-refractivity contribution in [1.29, 1.82) is 0 Å². The van der Waals surface area contributed by atoms with Gasteiger partial charge >= 0.3 is 5.97 Å². The number of Topliss-reactive ketones (excluding diaryl/α,β-unsaturated/α-hetero) is 1. The quantitative estimate of drug-likeness (QED) is 0.365. The van der Waals surface area contributed by atoms with E-state index in [1.54, 1.807) is 55.6 Å². The molecule has 0 heterocycles. The van der Waals surface area contributed by atoms with E-state index in [-0.39, 0.29) is 36.3 Å². The van der Waals surface area contributed by atoms with Crippen LogP contribution in [0, 0.1) is 0 Å². The molecule has 0 unspecified atom stereocenters. The minimum absolute atomic E-state index is 0.119. The summed E-state index contributed by atoms with van der Waals surface area (Å²) in [6, 6.07) is 13.8. The Hall–Kier alpha value is -3.33. The molecular formula is C25H27NO7. The van der Waals surface area contributed by atoms with Crippen molar-refractivity contribution in [2.75, 3.05) is 52.1 Å². The van der Waals surface area contributed by atoms with Crippen molar-refractivity contribution in [1.82, 2.24) is 0 Å². The van der Waals surface area contributed by atoms with E-state index in [0.717, 1.165) is 5.56 Å². The van der Waals surface area contributed by atoms with Gasteiger partial charge in [0, 0.05) is 30.0 Å². The fraction of sp³-hybridized carbons (Fsp3) is 0.320. The smallest absolute Gasteiger partial charge is 0.310 e. The fourth-order valence-corrected chi connectivity index (χ4v) is 3.17. The molecule has 1 aliphatic rings. The molecule has 2 aromatic rings. The number of carbonyl (C=O) groups is 3. The topological polar surface area (TPSA) is 100 Å². The van der Waals surface area contributed by atoms with E-state index in [2.05, 4.69) is 5.32 Å². The molecule has 0 bridgehead atoms. The number of hydrogen-bond acceptors (Lipinski definition) is 8. The molecule has 0 radical (unpaired) electrons. The molecule has 2 aromatic carbocycles.